The molecular formula is C17H25BrN2O. The van der Waals surface area contributed by atoms with Gasteiger partial charge in [0, 0.05) is 30.7 Å². The van der Waals surface area contributed by atoms with Crippen molar-refractivity contribution in [3.8, 4) is 0 Å². The van der Waals surface area contributed by atoms with E-state index in [-0.39, 0.29) is 11.3 Å². The van der Waals surface area contributed by atoms with Gasteiger partial charge in [0.25, 0.3) is 0 Å². The summed E-state index contributed by atoms with van der Waals surface area (Å²) in [6.07, 6.45) is 0. The van der Waals surface area contributed by atoms with Crippen molar-refractivity contribution in [2.24, 2.45) is 5.41 Å². The Labute approximate surface area is 136 Å². The summed E-state index contributed by atoms with van der Waals surface area (Å²) < 4.78 is 1.09. The topological polar surface area (TPSA) is 23.6 Å². The molecule has 0 N–H and O–H groups in total. The number of carbonyl (C=O) groups excluding carboxylic acids is 1. The Kier molecular flexibility index (Phi) is 5.10. The fourth-order valence-electron chi connectivity index (χ4n) is 2.77. The fraction of sp³-hybridized carbons (Fsp3) is 0.588. The highest BCUT2D eigenvalue weighted by Crippen LogP contribution is 2.20. The van der Waals surface area contributed by atoms with Gasteiger partial charge >= 0.3 is 0 Å². The van der Waals surface area contributed by atoms with Gasteiger partial charge in [-0.25, -0.2) is 0 Å². The number of amides is 1. The standard InChI is InChI=1S/C17H25BrN2O/c1-13-9-15(18)6-5-14(13)10-20-8-7-19(11-16(20)21)12-17(2,3)4/h5-6,9H,7-8,10-12H2,1-4H3. The molecule has 0 aliphatic carbocycles. The SMILES string of the molecule is Cc1cc(Br)ccc1CN1CCN(CC(C)(C)C)CC1=O. The number of rotatable bonds is 3. The number of piperazine rings is 1. The van der Waals surface area contributed by atoms with Crippen LogP contribution in [-0.2, 0) is 11.3 Å². The van der Waals surface area contributed by atoms with Gasteiger partial charge in [0.2, 0.25) is 5.91 Å². The van der Waals surface area contributed by atoms with Crippen LogP contribution in [0.15, 0.2) is 22.7 Å². The summed E-state index contributed by atoms with van der Waals surface area (Å²) in [5.74, 6) is 0.243. The van der Waals surface area contributed by atoms with Gasteiger partial charge in [-0.1, -0.05) is 42.8 Å². The van der Waals surface area contributed by atoms with Crippen LogP contribution in [0.5, 0.6) is 0 Å². The van der Waals surface area contributed by atoms with E-state index in [1.54, 1.807) is 0 Å². The van der Waals surface area contributed by atoms with Crippen molar-refractivity contribution in [1.29, 1.82) is 0 Å². The summed E-state index contributed by atoms with van der Waals surface area (Å²) in [5.41, 5.74) is 2.70. The Balaban J connectivity index is 1.96. The molecule has 2 rings (SSSR count). The van der Waals surface area contributed by atoms with Crippen molar-refractivity contribution in [3.63, 3.8) is 0 Å². The van der Waals surface area contributed by atoms with E-state index in [1.165, 1.54) is 11.1 Å². The minimum atomic E-state index is 0.241. The van der Waals surface area contributed by atoms with Crippen LogP contribution < -0.4 is 0 Å². The summed E-state index contributed by atoms with van der Waals surface area (Å²) in [6, 6.07) is 6.26. The average Bonchev–Trinajstić information content (AvgIpc) is 2.33. The third-order valence-electron chi connectivity index (χ3n) is 3.76. The minimum Gasteiger partial charge on any atom is -0.336 e. The van der Waals surface area contributed by atoms with Crippen molar-refractivity contribution >= 4 is 21.8 Å². The maximum Gasteiger partial charge on any atom is 0.237 e. The van der Waals surface area contributed by atoms with Gasteiger partial charge in [0.1, 0.15) is 0 Å². The van der Waals surface area contributed by atoms with Gasteiger partial charge in [0.15, 0.2) is 0 Å². The lowest BCUT2D eigenvalue weighted by atomic mass is 9.95. The molecule has 3 nitrogen and oxygen atoms in total. The van der Waals surface area contributed by atoms with Crippen LogP contribution in [0.4, 0.5) is 0 Å². The van der Waals surface area contributed by atoms with Gasteiger partial charge in [-0.3, -0.25) is 9.69 Å². The number of aryl methyl sites for hydroxylation is 1. The first-order valence-electron chi connectivity index (χ1n) is 7.50. The molecular weight excluding hydrogens is 328 g/mol. The molecule has 1 aliphatic heterocycles. The van der Waals surface area contributed by atoms with Gasteiger partial charge in [-0.15, -0.1) is 0 Å². The molecule has 0 unspecified atom stereocenters. The van der Waals surface area contributed by atoms with Crippen LogP contribution in [0.25, 0.3) is 0 Å². The van der Waals surface area contributed by atoms with Crippen molar-refractivity contribution in [3.05, 3.63) is 33.8 Å². The Bertz CT molecular complexity index is 522. The number of nitrogens with zero attached hydrogens (tertiary/aromatic N) is 2. The highest BCUT2D eigenvalue weighted by molar-refractivity contribution is 9.10. The second-order valence-corrected chi connectivity index (χ2v) is 8.07. The Morgan fingerprint density at radius 2 is 1.95 bits per heavy atom. The summed E-state index contributed by atoms with van der Waals surface area (Å²) >= 11 is 3.48. The molecule has 1 amide bonds. The van der Waals surface area contributed by atoms with Gasteiger partial charge in [-0.2, -0.15) is 0 Å². The van der Waals surface area contributed by atoms with E-state index in [0.717, 1.165) is 30.7 Å². The first-order valence-corrected chi connectivity index (χ1v) is 8.29. The second kappa shape index (κ2) is 6.49. The Hall–Kier alpha value is -0.870. The normalized spacial score (nSPS) is 17.4. The highest BCUT2D eigenvalue weighted by atomic mass is 79.9. The molecule has 4 heteroatoms. The highest BCUT2D eigenvalue weighted by Gasteiger charge is 2.26. The number of hydrogen-bond acceptors (Lipinski definition) is 2. The molecule has 1 aromatic rings. The summed E-state index contributed by atoms with van der Waals surface area (Å²) in [4.78, 5) is 16.6. The number of carbonyl (C=O) groups is 1. The predicted octanol–water partition coefficient (Wildman–Crippen LogP) is 3.45. The van der Waals surface area contributed by atoms with Crippen LogP contribution in [0, 0.1) is 12.3 Å². The second-order valence-electron chi connectivity index (χ2n) is 7.16. The molecule has 1 aromatic carbocycles. The smallest absolute Gasteiger partial charge is 0.237 e. The minimum absolute atomic E-state index is 0.241. The third-order valence-corrected chi connectivity index (χ3v) is 4.25. The van der Waals surface area contributed by atoms with Crippen molar-refractivity contribution < 1.29 is 4.79 Å². The number of hydrogen-bond donors (Lipinski definition) is 0. The first-order chi connectivity index (χ1) is 9.74. The molecule has 1 saturated heterocycles. The predicted molar refractivity (Wildman–Crippen MR) is 90.2 cm³/mol. The summed E-state index contributed by atoms with van der Waals surface area (Å²) in [5, 5.41) is 0. The van der Waals surface area contributed by atoms with E-state index in [4.69, 9.17) is 0 Å². The molecule has 0 spiro atoms. The van der Waals surface area contributed by atoms with Gasteiger partial charge < -0.3 is 4.90 Å². The lowest BCUT2D eigenvalue weighted by Gasteiger charge is -2.37. The largest absolute Gasteiger partial charge is 0.336 e. The number of benzene rings is 1. The van der Waals surface area contributed by atoms with E-state index < -0.39 is 0 Å². The molecule has 1 aliphatic rings. The molecule has 0 aromatic heterocycles. The zero-order chi connectivity index (χ0) is 15.6. The molecule has 0 radical (unpaired) electrons. The van der Waals surface area contributed by atoms with Crippen molar-refractivity contribution in [2.45, 2.75) is 34.2 Å². The van der Waals surface area contributed by atoms with Crippen molar-refractivity contribution in [1.82, 2.24) is 9.80 Å². The van der Waals surface area contributed by atoms with E-state index in [9.17, 15) is 4.79 Å². The van der Waals surface area contributed by atoms with E-state index in [2.05, 4.69) is 60.7 Å². The van der Waals surface area contributed by atoms with Crippen LogP contribution in [-0.4, -0.2) is 41.9 Å². The van der Waals surface area contributed by atoms with Crippen LogP contribution >= 0.6 is 15.9 Å². The van der Waals surface area contributed by atoms with E-state index in [0.29, 0.717) is 6.54 Å². The van der Waals surface area contributed by atoms with Crippen molar-refractivity contribution in [2.75, 3.05) is 26.2 Å². The molecule has 0 saturated carbocycles. The quantitative estimate of drug-likeness (QED) is 0.831. The summed E-state index contributed by atoms with van der Waals surface area (Å²) in [7, 11) is 0. The molecule has 21 heavy (non-hydrogen) atoms. The number of halogens is 1. The van der Waals surface area contributed by atoms with E-state index >= 15 is 0 Å². The molecule has 1 fully saturated rings. The molecule has 1 heterocycles. The Morgan fingerprint density at radius 3 is 2.52 bits per heavy atom. The lowest BCUT2D eigenvalue weighted by Crippen LogP contribution is -2.51. The zero-order valence-electron chi connectivity index (χ0n) is 13.4. The van der Waals surface area contributed by atoms with Crippen LogP contribution in [0.3, 0.4) is 0 Å². The molecule has 0 bridgehead atoms. The zero-order valence-corrected chi connectivity index (χ0v) is 15.0. The monoisotopic (exact) mass is 352 g/mol. The van der Waals surface area contributed by atoms with E-state index in [1.807, 2.05) is 11.0 Å². The van der Waals surface area contributed by atoms with Gasteiger partial charge in [0.05, 0.1) is 6.54 Å². The maximum atomic E-state index is 12.3. The fourth-order valence-corrected chi connectivity index (χ4v) is 3.25. The molecule has 0 atom stereocenters. The van der Waals surface area contributed by atoms with Gasteiger partial charge in [-0.05, 0) is 35.6 Å². The molecule has 116 valence electrons. The first kappa shape index (κ1) is 16.5. The van der Waals surface area contributed by atoms with Crippen LogP contribution in [0.2, 0.25) is 0 Å². The van der Waals surface area contributed by atoms with Crippen LogP contribution in [0.1, 0.15) is 31.9 Å². The maximum absolute atomic E-state index is 12.3. The average molecular weight is 353 g/mol. The third kappa shape index (κ3) is 4.82. The Morgan fingerprint density at radius 1 is 1.24 bits per heavy atom. The lowest BCUT2D eigenvalue weighted by molar-refractivity contribution is -0.137. The summed E-state index contributed by atoms with van der Waals surface area (Å²) in [6.45, 7) is 12.8.